The van der Waals surface area contributed by atoms with Gasteiger partial charge in [-0.3, -0.25) is 19.3 Å². The van der Waals surface area contributed by atoms with Crippen molar-refractivity contribution < 1.29 is 19.1 Å². The van der Waals surface area contributed by atoms with Crippen molar-refractivity contribution in [2.75, 3.05) is 19.7 Å². The average Bonchev–Trinajstić information content (AvgIpc) is 3.09. The normalized spacial score (nSPS) is 28.5. The van der Waals surface area contributed by atoms with E-state index in [0.717, 1.165) is 12.8 Å². The Labute approximate surface area is 118 Å². The largest absolute Gasteiger partial charge is 0.368 e. The van der Waals surface area contributed by atoms with Crippen LogP contribution in [0.3, 0.4) is 0 Å². The Bertz CT molecular complexity index is 407. The fourth-order valence-electron chi connectivity index (χ4n) is 3.32. The molecule has 3 fully saturated rings. The van der Waals surface area contributed by atoms with Crippen molar-refractivity contribution in [3.63, 3.8) is 0 Å². The molecule has 6 nitrogen and oxygen atoms in total. The molecule has 1 atom stereocenters. The summed E-state index contributed by atoms with van der Waals surface area (Å²) in [5.41, 5.74) is 0. The highest BCUT2D eigenvalue weighted by atomic mass is 16.5. The maximum absolute atomic E-state index is 12.2. The number of ether oxygens (including phenoxy) is 1. The lowest BCUT2D eigenvalue weighted by atomic mass is 10.0. The molecule has 0 aromatic heterocycles. The first kappa shape index (κ1) is 13.5. The zero-order chi connectivity index (χ0) is 14.1. The molecule has 3 aliphatic heterocycles. The van der Waals surface area contributed by atoms with Crippen molar-refractivity contribution in [2.24, 2.45) is 0 Å². The van der Waals surface area contributed by atoms with Crippen LogP contribution in [0.2, 0.25) is 0 Å². The number of likely N-dealkylation sites (tertiary alicyclic amines) is 2. The molecule has 3 heterocycles. The predicted octanol–water partition coefficient (Wildman–Crippen LogP) is 0.305. The Morgan fingerprint density at radius 3 is 2.25 bits per heavy atom. The van der Waals surface area contributed by atoms with Gasteiger partial charge in [-0.25, -0.2) is 0 Å². The summed E-state index contributed by atoms with van der Waals surface area (Å²) in [5.74, 6) is -0.0437. The van der Waals surface area contributed by atoms with Crippen LogP contribution in [0.4, 0.5) is 0 Å². The summed E-state index contributed by atoms with van der Waals surface area (Å²) in [7, 11) is 0. The lowest BCUT2D eigenvalue weighted by Gasteiger charge is -2.36. The number of rotatable bonds is 2. The molecular formula is C14H20N2O4. The predicted molar refractivity (Wildman–Crippen MR) is 69.7 cm³/mol. The molecule has 110 valence electrons. The van der Waals surface area contributed by atoms with Crippen molar-refractivity contribution in [1.29, 1.82) is 0 Å². The maximum Gasteiger partial charge on any atom is 0.251 e. The van der Waals surface area contributed by atoms with E-state index in [2.05, 4.69) is 0 Å². The zero-order valence-corrected chi connectivity index (χ0v) is 11.5. The number of amides is 3. The molecule has 0 aliphatic carbocycles. The molecule has 20 heavy (non-hydrogen) atoms. The van der Waals surface area contributed by atoms with Crippen LogP contribution in [0, 0.1) is 0 Å². The van der Waals surface area contributed by atoms with E-state index in [1.165, 1.54) is 4.90 Å². The Morgan fingerprint density at radius 1 is 1.05 bits per heavy atom. The van der Waals surface area contributed by atoms with E-state index in [0.29, 0.717) is 45.4 Å². The topological polar surface area (TPSA) is 66.9 Å². The Kier molecular flexibility index (Phi) is 3.74. The third kappa shape index (κ3) is 2.44. The SMILES string of the molecule is O=C(C1CCCO1)N1CCC(N2C(=O)CCC2=O)CC1. The van der Waals surface area contributed by atoms with Gasteiger partial charge in [-0.1, -0.05) is 0 Å². The van der Waals surface area contributed by atoms with E-state index in [4.69, 9.17) is 4.74 Å². The monoisotopic (exact) mass is 280 g/mol. The van der Waals surface area contributed by atoms with Gasteiger partial charge >= 0.3 is 0 Å². The second-order valence-corrected chi connectivity index (χ2v) is 5.72. The molecule has 1 unspecified atom stereocenters. The molecule has 0 saturated carbocycles. The van der Waals surface area contributed by atoms with Crippen LogP contribution < -0.4 is 0 Å². The van der Waals surface area contributed by atoms with E-state index >= 15 is 0 Å². The first-order chi connectivity index (χ1) is 9.66. The van der Waals surface area contributed by atoms with Crippen LogP contribution in [0.1, 0.15) is 38.5 Å². The molecule has 0 N–H and O–H groups in total. The summed E-state index contributed by atoms with van der Waals surface area (Å²) in [5, 5.41) is 0. The van der Waals surface area contributed by atoms with Crippen LogP contribution in [0.25, 0.3) is 0 Å². The van der Waals surface area contributed by atoms with Crippen LogP contribution >= 0.6 is 0 Å². The van der Waals surface area contributed by atoms with Crippen LogP contribution in [-0.2, 0) is 19.1 Å². The van der Waals surface area contributed by atoms with E-state index in [1.807, 2.05) is 4.90 Å². The van der Waals surface area contributed by atoms with Gasteiger partial charge in [-0.2, -0.15) is 0 Å². The lowest BCUT2D eigenvalue weighted by Crippen LogP contribution is -2.50. The highest BCUT2D eigenvalue weighted by Gasteiger charge is 2.38. The number of carbonyl (C=O) groups is 3. The van der Waals surface area contributed by atoms with Crippen molar-refractivity contribution in [3.05, 3.63) is 0 Å². The molecule has 3 rings (SSSR count). The summed E-state index contributed by atoms with van der Waals surface area (Å²) in [4.78, 5) is 38.9. The molecule has 3 saturated heterocycles. The zero-order valence-electron chi connectivity index (χ0n) is 11.5. The minimum Gasteiger partial charge on any atom is -0.368 e. The summed E-state index contributed by atoms with van der Waals surface area (Å²) in [6, 6.07) is -0.0222. The standard InChI is InChI=1S/C14H20N2O4/c17-12-3-4-13(18)16(12)10-5-7-15(8-6-10)14(19)11-2-1-9-20-11/h10-11H,1-9H2. The molecule has 0 bridgehead atoms. The number of imide groups is 1. The number of piperidine rings is 1. The molecular weight excluding hydrogens is 260 g/mol. The third-order valence-corrected chi connectivity index (χ3v) is 4.44. The number of hydrogen-bond acceptors (Lipinski definition) is 4. The van der Waals surface area contributed by atoms with Gasteiger partial charge in [0.2, 0.25) is 11.8 Å². The maximum atomic E-state index is 12.2. The minimum atomic E-state index is -0.276. The van der Waals surface area contributed by atoms with Gasteiger partial charge in [0.15, 0.2) is 0 Å². The van der Waals surface area contributed by atoms with Gasteiger partial charge in [-0.15, -0.1) is 0 Å². The molecule has 6 heteroatoms. The van der Waals surface area contributed by atoms with E-state index in [-0.39, 0.29) is 29.9 Å². The van der Waals surface area contributed by atoms with Crippen LogP contribution in [-0.4, -0.2) is 59.4 Å². The van der Waals surface area contributed by atoms with Crippen molar-refractivity contribution in [1.82, 2.24) is 9.80 Å². The van der Waals surface area contributed by atoms with Crippen LogP contribution in [0.5, 0.6) is 0 Å². The van der Waals surface area contributed by atoms with E-state index < -0.39 is 0 Å². The average molecular weight is 280 g/mol. The van der Waals surface area contributed by atoms with Crippen molar-refractivity contribution >= 4 is 17.7 Å². The molecule has 0 aromatic carbocycles. The molecule has 0 radical (unpaired) electrons. The second kappa shape index (κ2) is 5.52. The smallest absolute Gasteiger partial charge is 0.251 e. The molecule has 0 aromatic rings. The highest BCUT2D eigenvalue weighted by molar-refractivity contribution is 6.02. The summed E-state index contributed by atoms with van der Waals surface area (Å²) >= 11 is 0. The van der Waals surface area contributed by atoms with Gasteiger partial charge in [0, 0.05) is 38.6 Å². The number of carbonyl (C=O) groups excluding carboxylic acids is 3. The molecule has 3 aliphatic rings. The summed E-state index contributed by atoms with van der Waals surface area (Å²) < 4.78 is 5.42. The van der Waals surface area contributed by atoms with E-state index in [9.17, 15) is 14.4 Å². The fraction of sp³-hybridized carbons (Fsp3) is 0.786. The van der Waals surface area contributed by atoms with Gasteiger partial charge in [0.25, 0.3) is 5.91 Å². The molecule has 3 amide bonds. The quantitative estimate of drug-likeness (QED) is 0.683. The first-order valence-corrected chi connectivity index (χ1v) is 7.42. The number of hydrogen-bond donors (Lipinski definition) is 0. The Morgan fingerprint density at radius 2 is 1.70 bits per heavy atom. The Balaban J connectivity index is 1.55. The van der Waals surface area contributed by atoms with Gasteiger partial charge in [0.05, 0.1) is 0 Å². The lowest BCUT2D eigenvalue weighted by molar-refractivity contribution is -0.145. The van der Waals surface area contributed by atoms with Gasteiger partial charge in [-0.05, 0) is 25.7 Å². The van der Waals surface area contributed by atoms with Gasteiger partial charge in [0.1, 0.15) is 6.10 Å². The first-order valence-electron chi connectivity index (χ1n) is 7.42. The second-order valence-electron chi connectivity index (χ2n) is 5.72. The van der Waals surface area contributed by atoms with Crippen molar-refractivity contribution in [3.8, 4) is 0 Å². The fourth-order valence-corrected chi connectivity index (χ4v) is 3.32. The number of nitrogens with zero attached hydrogens (tertiary/aromatic N) is 2. The van der Waals surface area contributed by atoms with Crippen molar-refractivity contribution in [2.45, 2.75) is 50.7 Å². The van der Waals surface area contributed by atoms with Crippen LogP contribution in [0.15, 0.2) is 0 Å². The summed E-state index contributed by atoms with van der Waals surface area (Å²) in [6.45, 7) is 1.89. The highest BCUT2D eigenvalue weighted by Crippen LogP contribution is 2.24. The third-order valence-electron chi connectivity index (χ3n) is 4.44. The minimum absolute atomic E-state index is 0.0222. The van der Waals surface area contributed by atoms with Gasteiger partial charge < -0.3 is 9.64 Å². The summed E-state index contributed by atoms with van der Waals surface area (Å²) in [6.07, 6.45) is 3.54. The van der Waals surface area contributed by atoms with E-state index in [1.54, 1.807) is 0 Å². The molecule has 0 spiro atoms. The Hall–Kier alpha value is -1.43.